The second-order valence-corrected chi connectivity index (χ2v) is 11.7. The van der Waals surface area contributed by atoms with Gasteiger partial charge in [0.05, 0.1) is 15.6 Å². The zero-order valence-corrected chi connectivity index (χ0v) is 22.1. The van der Waals surface area contributed by atoms with Crippen LogP contribution in [0, 0.1) is 0 Å². The van der Waals surface area contributed by atoms with Crippen molar-refractivity contribution in [1.82, 2.24) is 14.5 Å². The smallest absolute Gasteiger partial charge is 0.269 e. The average Bonchev–Trinajstić information content (AvgIpc) is 3.05. The number of halogens is 2. The van der Waals surface area contributed by atoms with Gasteiger partial charge < -0.3 is 10.2 Å². The van der Waals surface area contributed by atoms with Gasteiger partial charge in [-0.15, -0.1) is 0 Å². The molecule has 1 fully saturated rings. The van der Waals surface area contributed by atoms with Crippen molar-refractivity contribution in [3.63, 3.8) is 0 Å². The molecule has 11 heteroatoms. The van der Waals surface area contributed by atoms with Crippen molar-refractivity contribution in [2.45, 2.75) is 62.6 Å². The highest BCUT2D eigenvalue weighted by Gasteiger charge is 2.43. The number of rotatable bonds is 7. The number of fused-ring (bicyclic) bond motifs is 1. The predicted molar refractivity (Wildman–Crippen MR) is 136 cm³/mol. The largest absolute Gasteiger partial charge is 0.352 e. The molecule has 8 nitrogen and oxygen atoms in total. The zero-order chi connectivity index (χ0) is 26.0. The predicted octanol–water partition coefficient (Wildman–Crippen LogP) is 4.00. The number of carbonyl (C=O) groups excluding carboxylic acids is 3. The average molecular weight is 552 g/mol. The zero-order valence-electron chi connectivity index (χ0n) is 19.7. The van der Waals surface area contributed by atoms with Crippen LogP contribution in [0.3, 0.4) is 0 Å². The van der Waals surface area contributed by atoms with Gasteiger partial charge >= 0.3 is 0 Å². The van der Waals surface area contributed by atoms with Crippen LogP contribution in [0.4, 0.5) is 0 Å². The lowest BCUT2D eigenvalue weighted by molar-refractivity contribution is -0.140. The highest BCUT2D eigenvalue weighted by atomic mass is 35.5. The molecule has 36 heavy (non-hydrogen) atoms. The maximum atomic E-state index is 13.5. The Balaban J connectivity index is 1.58. The molecule has 1 aliphatic heterocycles. The summed E-state index contributed by atoms with van der Waals surface area (Å²) in [7, 11) is -4.18. The van der Waals surface area contributed by atoms with Crippen molar-refractivity contribution in [1.29, 1.82) is 0 Å². The number of benzene rings is 2. The van der Waals surface area contributed by atoms with Gasteiger partial charge in [0, 0.05) is 12.6 Å². The number of carbonyl (C=O) groups is 3. The van der Waals surface area contributed by atoms with E-state index in [4.69, 9.17) is 23.2 Å². The topological polar surface area (TPSA) is 104 Å². The molecule has 1 saturated carbocycles. The highest BCUT2D eigenvalue weighted by Crippen LogP contribution is 2.30. The first-order chi connectivity index (χ1) is 17.1. The molecule has 0 aromatic heterocycles. The van der Waals surface area contributed by atoms with E-state index < -0.39 is 34.4 Å². The van der Waals surface area contributed by atoms with Crippen molar-refractivity contribution in [3.05, 3.63) is 63.6 Å². The summed E-state index contributed by atoms with van der Waals surface area (Å²) in [4.78, 5) is 40.6. The summed E-state index contributed by atoms with van der Waals surface area (Å²) in [6.45, 7) is 0.838. The molecule has 1 atom stereocenters. The van der Waals surface area contributed by atoms with E-state index in [2.05, 4.69) is 5.32 Å². The van der Waals surface area contributed by atoms with Crippen LogP contribution in [-0.2, 0) is 26.2 Å². The maximum absolute atomic E-state index is 13.5. The highest BCUT2D eigenvalue weighted by molar-refractivity contribution is 7.90. The van der Waals surface area contributed by atoms with E-state index in [1.54, 1.807) is 31.2 Å². The maximum Gasteiger partial charge on any atom is 0.269 e. The molecule has 0 bridgehead atoms. The van der Waals surface area contributed by atoms with Crippen LogP contribution in [0.15, 0.2) is 47.4 Å². The minimum atomic E-state index is -4.18. The lowest BCUT2D eigenvalue weighted by Gasteiger charge is -2.32. The summed E-state index contributed by atoms with van der Waals surface area (Å²) in [5.41, 5.74) is 0.624. The Hall–Kier alpha value is -2.62. The SMILES string of the molecule is C[C@H](C(=O)NC1CCCCC1)N(Cc1ccc(Cl)c(Cl)c1)C(=O)CN1C(=O)c2ccccc2S1(=O)=O. The normalized spacial score (nSPS) is 18.0. The van der Waals surface area contributed by atoms with Gasteiger partial charge in [0.25, 0.3) is 15.9 Å². The number of nitrogens with zero attached hydrogens (tertiary/aromatic N) is 2. The van der Waals surface area contributed by atoms with Gasteiger partial charge in [-0.2, -0.15) is 0 Å². The van der Waals surface area contributed by atoms with Crippen molar-refractivity contribution in [2.75, 3.05) is 6.54 Å². The van der Waals surface area contributed by atoms with Crippen molar-refractivity contribution < 1.29 is 22.8 Å². The third kappa shape index (κ3) is 5.38. The summed E-state index contributed by atoms with van der Waals surface area (Å²) < 4.78 is 26.5. The molecule has 1 aliphatic carbocycles. The van der Waals surface area contributed by atoms with Crippen LogP contribution in [0.2, 0.25) is 10.0 Å². The van der Waals surface area contributed by atoms with Crippen LogP contribution < -0.4 is 5.32 Å². The minimum absolute atomic E-state index is 0.0180. The van der Waals surface area contributed by atoms with Crippen LogP contribution in [0.1, 0.15) is 54.9 Å². The van der Waals surface area contributed by atoms with E-state index in [1.165, 1.54) is 23.1 Å². The standard InChI is InChI=1S/C25H27Cl2N3O5S/c1-16(24(32)28-18-7-3-2-4-8-18)29(14-17-11-12-20(26)21(27)13-17)23(31)15-30-25(33)19-9-5-6-10-22(19)36(30,34)35/h5-6,9-13,16,18H,2-4,7-8,14-15H2,1H3,(H,28,32)/t16-/m1/s1. The van der Waals surface area contributed by atoms with E-state index in [0.29, 0.717) is 14.9 Å². The van der Waals surface area contributed by atoms with E-state index in [0.717, 1.165) is 32.1 Å². The summed E-state index contributed by atoms with van der Waals surface area (Å²) in [5, 5.41) is 3.64. The summed E-state index contributed by atoms with van der Waals surface area (Å²) >= 11 is 12.2. The minimum Gasteiger partial charge on any atom is -0.352 e. The molecular weight excluding hydrogens is 525 g/mol. The Morgan fingerprint density at radius 2 is 1.78 bits per heavy atom. The van der Waals surface area contributed by atoms with Crippen molar-refractivity contribution in [3.8, 4) is 0 Å². The van der Waals surface area contributed by atoms with E-state index in [-0.39, 0.29) is 34.0 Å². The first-order valence-electron chi connectivity index (χ1n) is 11.8. The number of amides is 3. The van der Waals surface area contributed by atoms with E-state index in [9.17, 15) is 22.8 Å². The van der Waals surface area contributed by atoms with Gasteiger partial charge in [0.15, 0.2) is 0 Å². The molecule has 192 valence electrons. The molecule has 3 amide bonds. The fraction of sp³-hybridized carbons (Fsp3) is 0.400. The number of nitrogens with one attached hydrogen (secondary N) is 1. The molecule has 0 unspecified atom stereocenters. The van der Waals surface area contributed by atoms with Gasteiger partial charge in [-0.25, -0.2) is 12.7 Å². The van der Waals surface area contributed by atoms with E-state index in [1.807, 2.05) is 0 Å². The van der Waals surface area contributed by atoms with Gasteiger partial charge in [-0.1, -0.05) is 60.7 Å². The van der Waals surface area contributed by atoms with Gasteiger partial charge in [0.1, 0.15) is 17.5 Å². The van der Waals surface area contributed by atoms with Crippen LogP contribution in [-0.4, -0.2) is 54.0 Å². The first-order valence-corrected chi connectivity index (χ1v) is 14.0. The Morgan fingerprint density at radius 3 is 2.44 bits per heavy atom. The van der Waals surface area contributed by atoms with Gasteiger partial charge in [0.2, 0.25) is 11.8 Å². The lowest BCUT2D eigenvalue weighted by atomic mass is 9.95. The lowest BCUT2D eigenvalue weighted by Crippen LogP contribution is -2.52. The molecule has 0 saturated heterocycles. The second kappa shape index (κ2) is 10.8. The molecule has 2 aromatic carbocycles. The van der Waals surface area contributed by atoms with Crippen LogP contribution in [0.25, 0.3) is 0 Å². The Morgan fingerprint density at radius 1 is 1.08 bits per heavy atom. The molecule has 1 heterocycles. The summed E-state index contributed by atoms with van der Waals surface area (Å²) in [5.74, 6) is -1.79. The monoisotopic (exact) mass is 551 g/mol. The summed E-state index contributed by atoms with van der Waals surface area (Å²) in [6, 6.07) is 9.78. The number of hydrogen-bond donors (Lipinski definition) is 1. The third-order valence-electron chi connectivity index (χ3n) is 6.65. The molecule has 0 spiro atoms. The number of sulfonamides is 1. The fourth-order valence-corrected chi connectivity index (χ4v) is 6.43. The van der Waals surface area contributed by atoms with Crippen molar-refractivity contribution >= 4 is 50.9 Å². The molecule has 0 radical (unpaired) electrons. The van der Waals surface area contributed by atoms with Crippen LogP contribution >= 0.6 is 23.2 Å². The molecule has 4 rings (SSSR count). The Labute approximate surface area is 220 Å². The third-order valence-corrected chi connectivity index (χ3v) is 9.17. The Kier molecular flexibility index (Phi) is 7.92. The molecule has 2 aromatic rings. The molecule has 1 N–H and O–H groups in total. The molecule has 2 aliphatic rings. The summed E-state index contributed by atoms with van der Waals surface area (Å²) in [6.07, 6.45) is 4.93. The van der Waals surface area contributed by atoms with Crippen LogP contribution in [0.5, 0.6) is 0 Å². The molecular formula is C25H27Cl2N3O5S. The van der Waals surface area contributed by atoms with Gasteiger partial charge in [-0.05, 0) is 49.6 Å². The van der Waals surface area contributed by atoms with Crippen molar-refractivity contribution in [2.24, 2.45) is 0 Å². The van der Waals surface area contributed by atoms with E-state index >= 15 is 0 Å². The second-order valence-electron chi connectivity index (χ2n) is 9.10. The number of hydrogen-bond acceptors (Lipinski definition) is 5. The fourth-order valence-electron chi connectivity index (χ4n) is 4.59. The first kappa shape index (κ1) is 26.4. The quantitative estimate of drug-likeness (QED) is 0.559. The Bertz CT molecular complexity index is 1290. The van der Waals surface area contributed by atoms with Gasteiger partial charge in [-0.3, -0.25) is 14.4 Å².